The molecule has 7 heteroatoms. The lowest BCUT2D eigenvalue weighted by atomic mass is 9.88. The molecular formula is C23H28ClN3OS2. The van der Waals surface area contributed by atoms with Crippen molar-refractivity contribution in [2.24, 2.45) is 5.92 Å². The predicted molar refractivity (Wildman–Crippen MR) is 130 cm³/mol. The van der Waals surface area contributed by atoms with E-state index in [-0.39, 0.29) is 24.2 Å². The number of rotatable bonds is 4. The number of halogens is 1. The van der Waals surface area contributed by atoms with E-state index in [2.05, 4.69) is 35.3 Å². The second kappa shape index (κ2) is 9.35. The first-order valence-electron chi connectivity index (χ1n) is 10.8. The van der Waals surface area contributed by atoms with Gasteiger partial charge in [0.2, 0.25) is 5.91 Å². The molecule has 1 amide bonds. The Balaban J connectivity index is 0.00000218. The second-order valence-electron chi connectivity index (χ2n) is 8.14. The van der Waals surface area contributed by atoms with Crippen molar-refractivity contribution >= 4 is 56.2 Å². The van der Waals surface area contributed by atoms with Crippen molar-refractivity contribution in [3.63, 3.8) is 0 Å². The quantitative estimate of drug-likeness (QED) is 0.492. The number of hydrogen-bond acceptors (Lipinski definition) is 5. The Morgan fingerprint density at radius 1 is 1.20 bits per heavy atom. The van der Waals surface area contributed by atoms with Gasteiger partial charge in [0.05, 0.1) is 10.2 Å². The van der Waals surface area contributed by atoms with Crippen molar-refractivity contribution in [1.29, 1.82) is 0 Å². The number of carbonyl (C=O) groups excluding carboxylic acids is 1. The van der Waals surface area contributed by atoms with E-state index in [4.69, 9.17) is 4.98 Å². The highest BCUT2D eigenvalue weighted by atomic mass is 35.5. The van der Waals surface area contributed by atoms with E-state index in [1.165, 1.54) is 40.0 Å². The first kappa shape index (κ1) is 21.8. The van der Waals surface area contributed by atoms with Crippen molar-refractivity contribution in [3.05, 3.63) is 34.7 Å². The summed E-state index contributed by atoms with van der Waals surface area (Å²) in [5.74, 6) is 0.372. The number of fused-ring (bicyclic) bond motifs is 2. The molecule has 0 radical (unpaired) electrons. The number of benzene rings is 1. The van der Waals surface area contributed by atoms with E-state index in [9.17, 15) is 4.79 Å². The Labute approximate surface area is 192 Å². The van der Waals surface area contributed by atoms with Crippen LogP contribution in [0.25, 0.3) is 20.8 Å². The Kier molecular flexibility index (Phi) is 6.78. The maximum absolute atomic E-state index is 13.0. The standard InChI is InChI=1S/C23H27N3OS2.ClH/c1-2-26-13-12-16-19(14-26)29-23(25-21(27)15-8-4-3-5-9-15)20(16)22-24-17-10-6-7-11-18(17)28-22;/h6-7,10-11,15H,2-5,8-9,12-14H2,1H3,(H,25,27);1H. The van der Waals surface area contributed by atoms with Gasteiger partial charge in [-0.25, -0.2) is 4.98 Å². The summed E-state index contributed by atoms with van der Waals surface area (Å²) >= 11 is 3.51. The number of para-hydroxylation sites is 1. The first-order chi connectivity index (χ1) is 14.2. The van der Waals surface area contributed by atoms with E-state index in [0.29, 0.717) is 0 Å². The number of nitrogens with zero attached hydrogens (tertiary/aromatic N) is 2. The Bertz CT molecular complexity index is 1010. The summed E-state index contributed by atoms with van der Waals surface area (Å²) < 4.78 is 1.21. The molecule has 2 aromatic heterocycles. The molecule has 0 bridgehead atoms. The van der Waals surface area contributed by atoms with Crippen molar-refractivity contribution in [1.82, 2.24) is 9.88 Å². The van der Waals surface area contributed by atoms with Gasteiger partial charge in [0, 0.05) is 29.4 Å². The minimum atomic E-state index is 0. The molecule has 1 aliphatic heterocycles. The number of hydrogen-bond donors (Lipinski definition) is 1. The first-order valence-corrected chi connectivity index (χ1v) is 12.4. The fourth-order valence-corrected chi connectivity index (χ4v) is 7.00. The smallest absolute Gasteiger partial charge is 0.228 e. The van der Waals surface area contributed by atoms with Crippen LogP contribution in [-0.4, -0.2) is 28.9 Å². The molecule has 160 valence electrons. The summed E-state index contributed by atoms with van der Waals surface area (Å²) in [5.41, 5.74) is 3.63. The van der Waals surface area contributed by atoms with Gasteiger partial charge in [-0.15, -0.1) is 35.1 Å². The third-order valence-corrected chi connectivity index (χ3v) is 8.49. The molecule has 5 rings (SSSR count). The van der Waals surface area contributed by atoms with Gasteiger partial charge in [0.15, 0.2) is 0 Å². The third kappa shape index (κ3) is 4.15. The summed E-state index contributed by atoms with van der Waals surface area (Å²) in [5, 5.41) is 5.41. The molecule has 30 heavy (non-hydrogen) atoms. The molecule has 1 aliphatic carbocycles. The van der Waals surface area contributed by atoms with Gasteiger partial charge >= 0.3 is 0 Å². The number of thiazole rings is 1. The minimum absolute atomic E-state index is 0. The van der Waals surface area contributed by atoms with Crippen LogP contribution in [0.2, 0.25) is 0 Å². The maximum Gasteiger partial charge on any atom is 0.228 e. The van der Waals surface area contributed by atoms with Crippen molar-refractivity contribution in [3.8, 4) is 10.6 Å². The second-order valence-corrected chi connectivity index (χ2v) is 10.3. The number of amides is 1. The molecule has 2 aliphatic rings. The van der Waals surface area contributed by atoms with Gasteiger partial charge in [0.25, 0.3) is 0 Å². The van der Waals surface area contributed by atoms with Crippen LogP contribution in [0.15, 0.2) is 24.3 Å². The highest BCUT2D eigenvalue weighted by molar-refractivity contribution is 7.22. The van der Waals surface area contributed by atoms with Gasteiger partial charge in [-0.2, -0.15) is 0 Å². The lowest BCUT2D eigenvalue weighted by Crippen LogP contribution is -2.29. The molecule has 3 heterocycles. The monoisotopic (exact) mass is 461 g/mol. The van der Waals surface area contributed by atoms with E-state index >= 15 is 0 Å². The summed E-state index contributed by atoms with van der Waals surface area (Å²) in [4.78, 5) is 21.8. The zero-order valence-corrected chi connectivity index (χ0v) is 19.7. The SMILES string of the molecule is CCN1CCc2c(sc(NC(=O)C3CCCCC3)c2-c2nc3ccccc3s2)C1.Cl. The van der Waals surface area contributed by atoms with Crippen molar-refractivity contribution < 1.29 is 4.79 Å². The van der Waals surface area contributed by atoms with Crippen LogP contribution in [0.1, 0.15) is 49.5 Å². The summed E-state index contributed by atoms with van der Waals surface area (Å²) in [7, 11) is 0. The summed E-state index contributed by atoms with van der Waals surface area (Å²) in [6.07, 6.45) is 6.70. The average Bonchev–Trinajstić information content (AvgIpc) is 3.34. The molecule has 3 aromatic rings. The van der Waals surface area contributed by atoms with Crippen molar-refractivity contribution in [2.45, 2.75) is 52.0 Å². The fraction of sp³-hybridized carbons (Fsp3) is 0.478. The normalized spacial score (nSPS) is 17.5. The van der Waals surface area contributed by atoms with E-state index in [1.807, 2.05) is 6.07 Å². The molecule has 0 spiro atoms. The van der Waals surface area contributed by atoms with E-state index in [1.54, 1.807) is 22.7 Å². The highest BCUT2D eigenvalue weighted by Gasteiger charge is 2.29. The van der Waals surface area contributed by atoms with Crippen LogP contribution in [0.3, 0.4) is 0 Å². The molecule has 1 N–H and O–H groups in total. The van der Waals surface area contributed by atoms with Crippen LogP contribution < -0.4 is 5.32 Å². The predicted octanol–water partition coefficient (Wildman–Crippen LogP) is 6.34. The third-order valence-electron chi connectivity index (χ3n) is 6.30. The molecular weight excluding hydrogens is 434 g/mol. The lowest BCUT2D eigenvalue weighted by Gasteiger charge is -2.25. The van der Waals surface area contributed by atoms with Gasteiger partial charge in [0.1, 0.15) is 10.0 Å². The summed E-state index contributed by atoms with van der Waals surface area (Å²) in [6.45, 7) is 5.35. The fourth-order valence-electron chi connectivity index (χ4n) is 4.60. The highest BCUT2D eigenvalue weighted by Crippen LogP contribution is 2.46. The van der Waals surface area contributed by atoms with Crippen LogP contribution in [-0.2, 0) is 17.8 Å². The van der Waals surface area contributed by atoms with E-state index < -0.39 is 0 Å². The number of thiophene rings is 1. The largest absolute Gasteiger partial charge is 0.317 e. The molecule has 4 nitrogen and oxygen atoms in total. The topological polar surface area (TPSA) is 45.2 Å². The van der Waals surface area contributed by atoms with Crippen LogP contribution in [0, 0.1) is 5.92 Å². The zero-order valence-electron chi connectivity index (χ0n) is 17.3. The van der Waals surface area contributed by atoms with Crippen molar-refractivity contribution in [2.75, 3.05) is 18.4 Å². The number of likely N-dealkylation sites (N-methyl/N-ethyl adjacent to an activating group) is 1. The number of aromatic nitrogens is 1. The average molecular weight is 462 g/mol. The number of anilines is 1. The molecule has 0 atom stereocenters. The maximum atomic E-state index is 13.0. The Hall–Kier alpha value is -1.47. The van der Waals surface area contributed by atoms with Gasteiger partial charge < -0.3 is 5.32 Å². The molecule has 0 unspecified atom stereocenters. The summed E-state index contributed by atoms with van der Waals surface area (Å²) in [6, 6.07) is 8.32. The van der Waals surface area contributed by atoms with Gasteiger partial charge in [-0.3, -0.25) is 9.69 Å². The van der Waals surface area contributed by atoms with Gasteiger partial charge in [-0.1, -0.05) is 38.3 Å². The molecule has 0 saturated heterocycles. The number of nitrogens with one attached hydrogen (secondary N) is 1. The number of carbonyl (C=O) groups is 1. The molecule has 1 saturated carbocycles. The Morgan fingerprint density at radius 3 is 2.77 bits per heavy atom. The van der Waals surface area contributed by atoms with Crippen LogP contribution in [0.4, 0.5) is 5.00 Å². The minimum Gasteiger partial charge on any atom is -0.317 e. The van der Waals surface area contributed by atoms with Gasteiger partial charge in [-0.05, 0) is 43.5 Å². The van der Waals surface area contributed by atoms with Crippen LogP contribution >= 0.6 is 35.1 Å². The van der Waals surface area contributed by atoms with Crippen LogP contribution in [0.5, 0.6) is 0 Å². The Morgan fingerprint density at radius 2 is 2.00 bits per heavy atom. The lowest BCUT2D eigenvalue weighted by molar-refractivity contribution is -0.120. The zero-order chi connectivity index (χ0) is 19.8. The molecule has 1 fully saturated rings. The molecule has 1 aromatic carbocycles. The van der Waals surface area contributed by atoms with E-state index in [0.717, 1.165) is 54.4 Å².